The Labute approximate surface area is 131 Å². The van der Waals surface area contributed by atoms with Gasteiger partial charge >= 0.3 is 0 Å². The van der Waals surface area contributed by atoms with Crippen molar-refractivity contribution in [3.05, 3.63) is 71.8 Å². The lowest BCUT2D eigenvalue weighted by molar-refractivity contribution is 0.0944. The molecule has 0 heterocycles. The molecule has 0 spiro atoms. The second kappa shape index (κ2) is 7.17. The highest BCUT2D eigenvalue weighted by Crippen LogP contribution is 2.26. The molecule has 1 atom stereocenters. The van der Waals surface area contributed by atoms with Crippen molar-refractivity contribution in [3.63, 3.8) is 0 Å². The van der Waals surface area contributed by atoms with E-state index in [1.807, 2.05) is 48.5 Å². The highest BCUT2D eigenvalue weighted by molar-refractivity contribution is 6.12. The maximum Gasteiger partial charge on any atom is 0.171 e. The first-order chi connectivity index (χ1) is 10.8. The van der Waals surface area contributed by atoms with E-state index < -0.39 is 0 Å². The lowest BCUT2D eigenvalue weighted by atomic mass is 9.82. The number of nitrogens with zero attached hydrogens (tertiary/aromatic N) is 1. The summed E-state index contributed by atoms with van der Waals surface area (Å²) in [7, 11) is 0. The van der Waals surface area contributed by atoms with Crippen LogP contribution in [0.25, 0.3) is 0 Å². The summed E-state index contributed by atoms with van der Waals surface area (Å²) in [6.07, 6.45) is 4.15. The number of ketones is 1. The van der Waals surface area contributed by atoms with Crippen molar-refractivity contribution in [3.8, 4) is 0 Å². The fourth-order valence-corrected chi connectivity index (χ4v) is 3.05. The zero-order chi connectivity index (χ0) is 15.2. The number of Topliss-reactive ketones (excluding diaryl/α,β-unsaturated/α-hetero) is 1. The quantitative estimate of drug-likeness (QED) is 0.751. The third kappa shape index (κ3) is 3.51. The van der Waals surface area contributed by atoms with Gasteiger partial charge in [0.05, 0.1) is 12.5 Å². The van der Waals surface area contributed by atoms with Gasteiger partial charge in [-0.3, -0.25) is 9.79 Å². The zero-order valence-electron chi connectivity index (χ0n) is 12.7. The molecule has 0 amide bonds. The Morgan fingerprint density at radius 3 is 2.36 bits per heavy atom. The third-order valence-corrected chi connectivity index (χ3v) is 4.26. The Hall–Kier alpha value is -2.22. The second-order valence-corrected chi connectivity index (χ2v) is 5.82. The van der Waals surface area contributed by atoms with E-state index in [9.17, 15) is 4.79 Å². The van der Waals surface area contributed by atoms with Crippen LogP contribution in [0.1, 0.15) is 41.6 Å². The molecule has 0 aliphatic heterocycles. The van der Waals surface area contributed by atoms with E-state index in [0.717, 1.165) is 37.0 Å². The summed E-state index contributed by atoms with van der Waals surface area (Å²) in [5.74, 6) is 0.201. The molecule has 112 valence electrons. The van der Waals surface area contributed by atoms with Gasteiger partial charge in [0.15, 0.2) is 5.78 Å². The average Bonchev–Trinajstić information content (AvgIpc) is 2.61. The summed E-state index contributed by atoms with van der Waals surface area (Å²) >= 11 is 0. The first kappa shape index (κ1) is 14.7. The predicted molar refractivity (Wildman–Crippen MR) is 90.3 cm³/mol. The van der Waals surface area contributed by atoms with Gasteiger partial charge in [-0.15, -0.1) is 0 Å². The molecule has 1 fully saturated rings. The van der Waals surface area contributed by atoms with Crippen molar-refractivity contribution in [2.45, 2.75) is 32.2 Å². The molecule has 2 aromatic carbocycles. The molecule has 1 aliphatic carbocycles. The van der Waals surface area contributed by atoms with Crippen LogP contribution in [0.4, 0.5) is 0 Å². The molecule has 2 aromatic rings. The molecule has 1 aliphatic rings. The van der Waals surface area contributed by atoms with E-state index in [-0.39, 0.29) is 11.7 Å². The van der Waals surface area contributed by atoms with Crippen molar-refractivity contribution < 1.29 is 4.79 Å². The molecule has 0 N–H and O–H groups in total. The molecule has 1 saturated carbocycles. The van der Waals surface area contributed by atoms with Crippen LogP contribution in [0.15, 0.2) is 65.7 Å². The normalized spacial score (nSPS) is 20.0. The van der Waals surface area contributed by atoms with Crippen LogP contribution in [0.3, 0.4) is 0 Å². The van der Waals surface area contributed by atoms with Gasteiger partial charge in [-0.05, 0) is 24.8 Å². The van der Waals surface area contributed by atoms with Crippen LogP contribution >= 0.6 is 0 Å². The topological polar surface area (TPSA) is 29.4 Å². The molecule has 1 unspecified atom stereocenters. The minimum atomic E-state index is -0.0279. The van der Waals surface area contributed by atoms with Gasteiger partial charge in [0.25, 0.3) is 0 Å². The summed E-state index contributed by atoms with van der Waals surface area (Å²) in [5, 5.41) is 0. The number of hydrogen-bond donors (Lipinski definition) is 0. The standard InChI is InChI=1S/C20H21NO/c22-20(17-11-5-2-6-12-17)18-13-7-8-14-19(18)21-15-16-9-3-1-4-10-16/h1-6,9-12,18H,7-8,13-15H2. The maximum absolute atomic E-state index is 12.7. The molecule has 3 rings (SSSR count). The first-order valence-electron chi connectivity index (χ1n) is 8.01. The van der Waals surface area contributed by atoms with Gasteiger partial charge in [-0.25, -0.2) is 0 Å². The molecule has 0 aromatic heterocycles. The van der Waals surface area contributed by atoms with Crippen LogP contribution < -0.4 is 0 Å². The lowest BCUT2D eigenvalue weighted by Crippen LogP contribution is -2.27. The van der Waals surface area contributed by atoms with Crippen LogP contribution in [-0.2, 0) is 6.54 Å². The maximum atomic E-state index is 12.7. The molecule has 22 heavy (non-hydrogen) atoms. The number of rotatable bonds is 4. The van der Waals surface area contributed by atoms with Gasteiger partial charge in [0.1, 0.15) is 0 Å². The molecule has 2 nitrogen and oxygen atoms in total. The highest BCUT2D eigenvalue weighted by Gasteiger charge is 2.27. The van der Waals surface area contributed by atoms with E-state index >= 15 is 0 Å². The largest absolute Gasteiger partial charge is 0.293 e. The molecular formula is C20H21NO. The minimum Gasteiger partial charge on any atom is -0.293 e. The zero-order valence-corrected chi connectivity index (χ0v) is 12.7. The second-order valence-electron chi connectivity index (χ2n) is 5.82. The molecule has 0 bridgehead atoms. The number of benzene rings is 2. The van der Waals surface area contributed by atoms with Gasteiger partial charge in [0.2, 0.25) is 0 Å². The Balaban J connectivity index is 1.78. The van der Waals surface area contributed by atoms with Gasteiger partial charge < -0.3 is 0 Å². The molecule has 0 radical (unpaired) electrons. The SMILES string of the molecule is O=C(c1ccccc1)C1CCCCC1=NCc1ccccc1. The predicted octanol–water partition coefficient (Wildman–Crippen LogP) is 4.70. The fraction of sp³-hybridized carbons (Fsp3) is 0.300. The van der Waals surface area contributed by atoms with Gasteiger partial charge in [0, 0.05) is 11.3 Å². The van der Waals surface area contributed by atoms with Crippen molar-refractivity contribution in [2.24, 2.45) is 10.9 Å². The minimum absolute atomic E-state index is 0.0279. The third-order valence-electron chi connectivity index (χ3n) is 4.26. The van der Waals surface area contributed by atoms with Crippen molar-refractivity contribution in [1.82, 2.24) is 0 Å². The summed E-state index contributed by atoms with van der Waals surface area (Å²) in [4.78, 5) is 17.5. The Kier molecular flexibility index (Phi) is 4.79. The number of aliphatic imine (C=N–C) groups is 1. The van der Waals surface area contributed by atoms with Crippen LogP contribution in [-0.4, -0.2) is 11.5 Å². The molecule has 0 saturated heterocycles. The first-order valence-corrected chi connectivity index (χ1v) is 8.01. The Morgan fingerprint density at radius 2 is 1.64 bits per heavy atom. The lowest BCUT2D eigenvalue weighted by Gasteiger charge is -2.23. The summed E-state index contributed by atoms with van der Waals surface area (Å²) in [5.41, 5.74) is 3.09. The summed E-state index contributed by atoms with van der Waals surface area (Å²) < 4.78 is 0. The van der Waals surface area contributed by atoms with E-state index in [1.165, 1.54) is 5.56 Å². The number of carbonyl (C=O) groups is 1. The van der Waals surface area contributed by atoms with Crippen molar-refractivity contribution in [1.29, 1.82) is 0 Å². The number of hydrogen-bond acceptors (Lipinski definition) is 2. The van der Waals surface area contributed by atoms with E-state index in [1.54, 1.807) is 0 Å². The molecule has 2 heteroatoms. The number of carbonyl (C=O) groups excluding carboxylic acids is 1. The van der Waals surface area contributed by atoms with Crippen LogP contribution in [0.2, 0.25) is 0 Å². The Morgan fingerprint density at radius 1 is 0.955 bits per heavy atom. The van der Waals surface area contributed by atoms with Crippen LogP contribution in [0.5, 0.6) is 0 Å². The van der Waals surface area contributed by atoms with E-state index in [2.05, 4.69) is 12.1 Å². The summed E-state index contributed by atoms with van der Waals surface area (Å²) in [6.45, 7) is 0.675. The van der Waals surface area contributed by atoms with Crippen molar-refractivity contribution >= 4 is 11.5 Å². The van der Waals surface area contributed by atoms with Gasteiger partial charge in [-0.2, -0.15) is 0 Å². The highest BCUT2D eigenvalue weighted by atomic mass is 16.1. The van der Waals surface area contributed by atoms with E-state index in [0.29, 0.717) is 6.54 Å². The average molecular weight is 291 g/mol. The Bertz CT molecular complexity index is 646. The van der Waals surface area contributed by atoms with Crippen LogP contribution in [0, 0.1) is 5.92 Å². The fourth-order valence-electron chi connectivity index (χ4n) is 3.05. The van der Waals surface area contributed by atoms with Gasteiger partial charge in [-0.1, -0.05) is 67.1 Å². The van der Waals surface area contributed by atoms with E-state index in [4.69, 9.17) is 4.99 Å². The smallest absolute Gasteiger partial charge is 0.171 e. The monoisotopic (exact) mass is 291 g/mol. The summed E-state index contributed by atoms with van der Waals surface area (Å²) in [6, 6.07) is 19.9. The van der Waals surface area contributed by atoms with Crippen molar-refractivity contribution in [2.75, 3.05) is 0 Å². The molecular weight excluding hydrogens is 270 g/mol.